The molecule has 0 bridgehead atoms. The van der Waals surface area contributed by atoms with Crippen molar-refractivity contribution in [1.82, 2.24) is 5.32 Å². The molecule has 18 heavy (non-hydrogen) atoms. The molecule has 4 nitrogen and oxygen atoms in total. The molecule has 1 atom stereocenters. The van der Waals surface area contributed by atoms with Crippen LogP contribution in [0.15, 0.2) is 0 Å². The average molecular weight is 291 g/mol. The van der Waals surface area contributed by atoms with Crippen molar-refractivity contribution < 1.29 is 14.7 Å². The van der Waals surface area contributed by atoms with E-state index in [-0.39, 0.29) is 18.7 Å². The molecular weight excluding hydrogens is 270 g/mol. The van der Waals surface area contributed by atoms with Crippen molar-refractivity contribution in [3.05, 3.63) is 0 Å². The highest BCUT2D eigenvalue weighted by molar-refractivity contribution is 8.06. The molecule has 0 aromatic rings. The summed E-state index contributed by atoms with van der Waals surface area (Å²) in [7, 11) is 0. The minimum Gasteiger partial charge on any atom is -0.481 e. The van der Waals surface area contributed by atoms with Gasteiger partial charge in [-0.25, -0.2) is 0 Å². The van der Waals surface area contributed by atoms with Crippen molar-refractivity contribution in [2.75, 3.05) is 23.8 Å². The number of carboxylic acids is 1. The van der Waals surface area contributed by atoms with Gasteiger partial charge in [0.2, 0.25) is 5.91 Å². The van der Waals surface area contributed by atoms with E-state index >= 15 is 0 Å². The highest BCUT2D eigenvalue weighted by Gasteiger charge is 2.25. The van der Waals surface area contributed by atoms with Gasteiger partial charge in [-0.2, -0.15) is 23.5 Å². The Labute approximate surface area is 117 Å². The molecule has 1 heterocycles. The first-order valence-electron chi connectivity index (χ1n) is 6.07. The van der Waals surface area contributed by atoms with Crippen LogP contribution in [0.4, 0.5) is 0 Å². The van der Waals surface area contributed by atoms with Crippen LogP contribution in [0.5, 0.6) is 0 Å². The molecule has 2 N–H and O–H groups in total. The molecule has 1 aliphatic heterocycles. The third-order valence-electron chi connectivity index (χ3n) is 2.68. The van der Waals surface area contributed by atoms with Gasteiger partial charge in [0.05, 0.1) is 6.42 Å². The van der Waals surface area contributed by atoms with Gasteiger partial charge in [-0.15, -0.1) is 0 Å². The zero-order valence-corrected chi connectivity index (χ0v) is 12.5. The standard InChI is InChI=1S/C12H21NO3S2/c1-12(2,6-11(15)16)5-10(14)13-7-9-8-17-3-4-18-9/h9H,3-8H2,1-2H3,(H,13,14)(H,15,16). The molecule has 1 unspecified atom stereocenters. The van der Waals surface area contributed by atoms with E-state index in [1.807, 2.05) is 37.4 Å². The molecule has 0 aromatic heterocycles. The molecule has 6 heteroatoms. The summed E-state index contributed by atoms with van der Waals surface area (Å²) in [6.07, 6.45) is 0.290. The summed E-state index contributed by atoms with van der Waals surface area (Å²) in [4.78, 5) is 22.4. The van der Waals surface area contributed by atoms with E-state index in [0.29, 0.717) is 11.8 Å². The molecule has 0 aliphatic carbocycles. The maximum atomic E-state index is 11.8. The molecule has 0 aromatic carbocycles. The van der Waals surface area contributed by atoms with Gasteiger partial charge in [-0.3, -0.25) is 9.59 Å². The lowest BCUT2D eigenvalue weighted by Gasteiger charge is -2.24. The fraction of sp³-hybridized carbons (Fsp3) is 0.833. The molecule has 0 spiro atoms. The Bertz CT molecular complexity index is 302. The van der Waals surface area contributed by atoms with Crippen LogP contribution in [0.1, 0.15) is 26.7 Å². The predicted octanol–water partition coefficient (Wildman–Crippen LogP) is 1.84. The van der Waals surface area contributed by atoms with Gasteiger partial charge in [0.1, 0.15) is 0 Å². The quantitative estimate of drug-likeness (QED) is 0.781. The Kier molecular flexibility index (Phi) is 6.35. The van der Waals surface area contributed by atoms with Crippen LogP contribution in [-0.2, 0) is 9.59 Å². The summed E-state index contributed by atoms with van der Waals surface area (Å²) in [5, 5.41) is 12.2. The van der Waals surface area contributed by atoms with Crippen LogP contribution in [0.25, 0.3) is 0 Å². The summed E-state index contributed by atoms with van der Waals surface area (Å²) < 4.78 is 0. The fourth-order valence-electron chi connectivity index (χ4n) is 1.85. The molecule has 0 radical (unpaired) electrons. The van der Waals surface area contributed by atoms with Gasteiger partial charge in [0.25, 0.3) is 0 Å². The maximum absolute atomic E-state index is 11.8. The van der Waals surface area contributed by atoms with Gasteiger partial charge < -0.3 is 10.4 Å². The lowest BCUT2D eigenvalue weighted by molar-refractivity contribution is -0.139. The Balaban J connectivity index is 2.25. The number of carbonyl (C=O) groups is 2. The van der Waals surface area contributed by atoms with Crippen LogP contribution in [0.3, 0.4) is 0 Å². The highest BCUT2D eigenvalue weighted by atomic mass is 32.2. The van der Waals surface area contributed by atoms with E-state index in [1.165, 1.54) is 5.75 Å². The van der Waals surface area contributed by atoms with E-state index in [0.717, 1.165) is 11.5 Å². The van der Waals surface area contributed by atoms with E-state index in [2.05, 4.69) is 5.32 Å². The zero-order chi connectivity index (χ0) is 13.6. The third-order valence-corrected chi connectivity index (χ3v) is 5.53. The fourth-order valence-corrected chi connectivity index (χ4v) is 4.46. The van der Waals surface area contributed by atoms with E-state index < -0.39 is 11.4 Å². The molecule has 1 amide bonds. The molecule has 1 fully saturated rings. The van der Waals surface area contributed by atoms with E-state index in [4.69, 9.17) is 5.11 Å². The SMILES string of the molecule is CC(C)(CC(=O)O)CC(=O)NCC1CSCCS1. The van der Waals surface area contributed by atoms with Gasteiger partial charge in [0.15, 0.2) is 0 Å². The lowest BCUT2D eigenvalue weighted by atomic mass is 9.85. The van der Waals surface area contributed by atoms with Crippen molar-refractivity contribution >= 4 is 35.4 Å². The molecule has 0 saturated carbocycles. The molecular formula is C12H21NO3S2. The van der Waals surface area contributed by atoms with Crippen LogP contribution < -0.4 is 5.32 Å². The second kappa shape index (κ2) is 7.28. The van der Waals surface area contributed by atoms with E-state index in [1.54, 1.807) is 0 Å². The van der Waals surface area contributed by atoms with Crippen LogP contribution >= 0.6 is 23.5 Å². The Morgan fingerprint density at radius 3 is 2.61 bits per heavy atom. The number of hydrogen-bond acceptors (Lipinski definition) is 4. The number of nitrogens with one attached hydrogen (secondary N) is 1. The largest absolute Gasteiger partial charge is 0.481 e. The summed E-state index contributed by atoms with van der Waals surface area (Å²) in [5.41, 5.74) is -0.482. The van der Waals surface area contributed by atoms with E-state index in [9.17, 15) is 9.59 Å². The van der Waals surface area contributed by atoms with Crippen molar-refractivity contribution in [3.63, 3.8) is 0 Å². The summed E-state index contributed by atoms with van der Waals surface area (Å²) in [6, 6.07) is 0. The first-order valence-corrected chi connectivity index (χ1v) is 8.27. The second-order valence-corrected chi connectivity index (χ2v) is 7.84. The number of carboxylic acid groups (broad SMARTS) is 1. The lowest BCUT2D eigenvalue weighted by Crippen LogP contribution is -2.36. The maximum Gasteiger partial charge on any atom is 0.303 e. The first kappa shape index (κ1) is 15.7. The summed E-state index contributed by atoms with van der Waals surface area (Å²) in [6.45, 7) is 4.32. The topological polar surface area (TPSA) is 66.4 Å². The van der Waals surface area contributed by atoms with Crippen molar-refractivity contribution in [3.8, 4) is 0 Å². The highest BCUT2D eigenvalue weighted by Crippen LogP contribution is 2.25. The van der Waals surface area contributed by atoms with Gasteiger partial charge in [-0.1, -0.05) is 13.8 Å². The summed E-state index contributed by atoms with van der Waals surface area (Å²) in [5.74, 6) is 2.53. The first-order chi connectivity index (χ1) is 8.39. The Hall–Kier alpha value is -0.360. The minimum atomic E-state index is -0.855. The Morgan fingerprint density at radius 1 is 1.33 bits per heavy atom. The van der Waals surface area contributed by atoms with Crippen molar-refractivity contribution in [2.45, 2.75) is 31.9 Å². The molecule has 104 valence electrons. The smallest absolute Gasteiger partial charge is 0.303 e. The predicted molar refractivity (Wildman–Crippen MR) is 77.2 cm³/mol. The zero-order valence-electron chi connectivity index (χ0n) is 10.9. The second-order valence-electron chi connectivity index (χ2n) is 5.28. The van der Waals surface area contributed by atoms with Crippen LogP contribution in [0, 0.1) is 5.41 Å². The average Bonchev–Trinajstić information content (AvgIpc) is 2.25. The Morgan fingerprint density at radius 2 is 2.06 bits per heavy atom. The monoisotopic (exact) mass is 291 g/mol. The number of hydrogen-bond donors (Lipinski definition) is 2. The molecule has 1 aliphatic rings. The van der Waals surface area contributed by atoms with Crippen LogP contribution in [-0.4, -0.2) is 46.0 Å². The molecule has 1 saturated heterocycles. The van der Waals surface area contributed by atoms with Crippen LogP contribution in [0.2, 0.25) is 0 Å². The summed E-state index contributed by atoms with van der Waals surface area (Å²) >= 11 is 3.83. The number of rotatable bonds is 6. The number of amides is 1. The van der Waals surface area contributed by atoms with Gasteiger partial charge in [-0.05, 0) is 5.41 Å². The van der Waals surface area contributed by atoms with Crippen molar-refractivity contribution in [2.24, 2.45) is 5.41 Å². The number of carbonyl (C=O) groups excluding carboxylic acids is 1. The number of thioether (sulfide) groups is 2. The van der Waals surface area contributed by atoms with Gasteiger partial charge >= 0.3 is 5.97 Å². The van der Waals surface area contributed by atoms with Gasteiger partial charge in [0, 0.05) is 35.5 Å². The number of aliphatic carboxylic acids is 1. The minimum absolute atomic E-state index is 0.0223. The third kappa shape index (κ3) is 6.54. The molecule has 1 rings (SSSR count). The normalized spacial score (nSPS) is 20.4. The van der Waals surface area contributed by atoms with Crippen molar-refractivity contribution in [1.29, 1.82) is 0 Å².